The zero-order valence-corrected chi connectivity index (χ0v) is 13.7. The maximum atomic E-state index is 12.5. The number of morpholine rings is 1. The van der Waals surface area contributed by atoms with Gasteiger partial charge < -0.3 is 19.3 Å². The third-order valence-electron chi connectivity index (χ3n) is 4.40. The second-order valence-electron chi connectivity index (χ2n) is 6.22. The van der Waals surface area contributed by atoms with Gasteiger partial charge in [0.1, 0.15) is 5.60 Å². The highest BCUT2D eigenvalue weighted by atomic mass is 16.5. The van der Waals surface area contributed by atoms with Crippen LogP contribution in [0.3, 0.4) is 0 Å². The molecule has 2 heterocycles. The van der Waals surface area contributed by atoms with Crippen LogP contribution in [0.5, 0.6) is 0 Å². The number of amides is 1. The molecule has 2 aromatic rings. The van der Waals surface area contributed by atoms with Crippen LogP contribution in [0, 0.1) is 0 Å². The van der Waals surface area contributed by atoms with Crippen molar-refractivity contribution in [1.82, 2.24) is 14.5 Å². The molecule has 3 rings (SSSR count). The Morgan fingerprint density at radius 1 is 1.33 bits per heavy atom. The van der Waals surface area contributed by atoms with Gasteiger partial charge in [0, 0.05) is 38.3 Å². The van der Waals surface area contributed by atoms with Crippen LogP contribution in [-0.4, -0.2) is 57.4 Å². The smallest absolute Gasteiger partial charge is 0.224 e. The Labute approximate surface area is 141 Å². The number of hydrogen-bond acceptors (Lipinski definition) is 4. The van der Waals surface area contributed by atoms with Crippen LogP contribution < -0.4 is 0 Å². The molecular weight excluding hydrogens is 306 g/mol. The van der Waals surface area contributed by atoms with Crippen molar-refractivity contribution < 1.29 is 14.6 Å². The first-order valence-corrected chi connectivity index (χ1v) is 8.23. The summed E-state index contributed by atoms with van der Waals surface area (Å²) in [5, 5.41) is 9.91. The van der Waals surface area contributed by atoms with E-state index in [2.05, 4.69) is 4.98 Å². The lowest BCUT2D eigenvalue weighted by atomic mass is 9.93. The van der Waals surface area contributed by atoms with Crippen molar-refractivity contribution in [2.45, 2.75) is 25.0 Å². The number of aliphatic hydroxyl groups excluding tert-OH is 1. The molecule has 1 saturated heterocycles. The van der Waals surface area contributed by atoms with E-state index in [1.165, 1.54) is 0 Å². The third kappa shape index (κ3) is 4.01. The molecule has 0 bridgehead atoms. The average Bonchev–Trinajstić information content (AvgIpc) is 3.14. The lowest BCUT2D eigenvalue weighted by molar-refractivity contribution is -0.158. The molecule has 0 aliphatic carbocycles. The van der Waals surface area contributed by atoms with Crippen LogP contribution in [0.4, 0.5) is 0 Å². The van der Waals surface area contributed by atoms with Crippen molar-refractivity contribution in [3.05, 3.63) is 54.6 Å². The molecule has 1 aliphatic heterocycles. The lowest BCUT2D eigenvalue weighted by Crippen LogP contribution is -2.56. The van der Waals surface area contributed by atoms with Crippen LogP contribution in [0.2, 0.25) is 0 Å². The molecule has 1 amide bonds. The Morgan fingerprint density at radius 2 is 2.17 bits per heavy atom. The van der Waals surface area contributed by atoms with Gasteiger partial charge in [-0.25, -0.2) is 4.98 Å². The topological polar surface area (TPSA) is 67.6 Å². The average molecular weight is 329 g/mol. The van der Waals surface area contributed by atoms with Gasteiger partial charge in [-0.2, -0.15) is 0 Å². The number of rotatable bonds is 6. The first kappa shape index (κ1) is 16.7. The molecule has 24 heavy (non-hydrogen) atoms. The van der Waals surface area contributed by atoms with Crippen molar-refractivity contribution in [2.24, 2.45) is 0 Å². The normalized spacial score (nSPS) is 21.0. The standard InChI is InChI=1S/C18H23N3O3/c22-14-18(12-16-4-2-1-3-5-16)13-21(10-11-24-18)17(23)6-8-20-9-7-19-15-20/h1-5,7,9,15,22H,6,8,10-14H2/t18-/m1/s1. The monoisotopic (exact) mass is 329 g/mol. The largest absolute Gasteiger partial charge is 0.393 e. The van der Waals surface area contributed by atoms with Gasteiger partial charge in [-0.1, -0.05) is 30.3 Å². The molecular formula is C18H23N3O3. The number of hydrogen-bond donors (Lipinski definition) is 1. The fourth-order valence-corrected chi connectivity index (χ4v) is 3.09. The lowest BCUT2D eigenvalue weighted by Gasteiger charge is -2.42. The number of imidazole rings is 1. The highest BCUT2D eigenvalue weighted by Crippen LogP contribution is 2.23. The molecule has 6 heteroatoms. The Morgan fingerprint density at radius 3 is 2.88 bits per heavy atom. The summed E-state index contributed by atoms with van der Waals surface area (Å²) in [6, 6.07) is 9.93. The number of aromatic nitrogens is 2. The van der Waals surface area contributed by atoms with E-state index >= 15 is 0 Å². The van der Waals surface area contributed by atoms with Crippen molar-refractivity contribution >= 4 is 5.91 Å². The summed E-state index contributed by atoms with van der Waals surface area (Å²) >= 11 is 0. The van der Waals surface area contributed by atoms with Crippen molar-refractivity contribution in [3.8, 4) is 0 Å². The van der Waals surface area contributed by atoms with Gasteiger partial charge in [-0.05, 0) is 5.56 Å². The second-order valence-corrected chi connectivity index (χ2v) is 6.22. The summed E-state index contributed by atoms with van der Waals surface area (Å²) < 4.78 is 7.78. The highest BCUT2D eigenvalue weighted by molar-refractivity contribution is 5.76. The SMILES string of the molecule is O=C(CCn1ccnc1)N1CCO[C@](CO)(Cc2ccccc2)C1. The van der Waals surface area contributed by atoms with Gasteiger partial charge in [-0.15, -0.1) is 0 Å². The highest BCUT2D eigenvalue weighted by Gasteiger charge is 2.37. The van der Waals surface area contributed by atoms with E-state index in [0.717, 1.165) is 5.56 Å². The van der Waals surface area contributed by atoms with Gasteiger partial charge in [0.2, 0.25) is 5.91 Å². The Hall–Kier alpha value is -2.18. The Kier molecular flexibility index (Phi) is 5.27. The minimum atomic E-state index is -0.718. The van der Waals surface area contributed by atoms with Gasteiger partial charge in [0.15, 0.2) is 0 Å². The quantitative estimate of drug-likeness (QED) is 0.862. The third-order valence-corrected chi connectivity index (χ3v) is 4.40. The minimum absolute atomic E-state index is 0.0814. The molecule has 0 unspecified atom stereocenters. The van der Waals surface area contributed by atoms with Crippen LogP contribution in [0.1, 0.15) is 12.0 Å². The summed E-state index contributed by atoms with van der Waals surface area (Å²) in [5.74, 6) is 0.0814. The van der Waals surface area contributed by atoms with Crippen LogP contribution >= 0.6 is 0 Å². The molecule has 1 N–H and O–H groups in total. The van der Waals surface area contributed by atoms with Crippen LogP contribution in [-0.2, 0) is 22.5 Å². The first-order chi connectivity index (χ1) is 11.7. The van der Waals surface area contributed by atoms with E-state index < -0.39 is 5.60 Å². The predicted octanol–water partition coefficient (Wildman–Crippen LogP) is 1.11. The number of benzene rings is 1. The van der Waals surface area contributed by atoms with E-state index in [0.29, 0.717) is 39.1 Å². The summed E-state index contributed by atoms with van der Waals surface area (Å²) in [4.78, 5) is 18.3. The van der Waals surface area contributed by atoms with Crippen molar-refractivity contribution in [2.75, 3.05) is 26.3 Å². The zero-order valence-electron chi connectivity index (χ0n) is 13.7. The molecule has 128 valence electrons. The molecule has 1 atom stereocenters. The number of aliphatic hydroxyl groups is 1. The molecule has 0 spiro atoms. The van der Waals surface area contributed by atoms with Crippen LogP contribution in [0.25, 0.3) is 0 Å². The van der Waals surface area contributed by atoms with Gasteiger partial charge in [-0.3, -0.25) is 4.79 Å². The molecule has 0 radical (unpaired) electrons. The number of ether oxygens (including phenoxy) is 1. The molecule has 1 aromatic heterocycles. The van der Waals surface area contributed by atoms with E-state index in [4.69, 9.17) is 4.74 Å². The van der Waals surface area contributed by atoms with Crippen LogP contribution in [0.15, 0.2) is 49.1 Å². The summed E-state index contributed by atoms with van der Waals surface area (Å²) in [6.07, 6.45) is 6.27. The predicted molar refractivity (Wildman–Crippen MR) is 89.3 cm³/mol. The molecule has 1 fully saturated rings. The molecule has 1 aliphatic rings. The first-order valence-electron chi connectivity index (χ1n) is 8.23. The van der Waals surface area contributed by atoms with Gasteiger partial charge >= 0.3 is 0 Å². The fourth-order valence-electron chi connectivity index (χ4n) is 3.09. The summed E-state index contributed by atoms with van der Waals surface area (Å²) in [7, 11) is 0. The zero-order chi connectivity index (χ0) is 16.8. The molecule has 6 nitrogen and oxygen atoms in total. The number of nitrogens with zero attached hydrogens (tertiary/aromatic N) is 3. The summed E-state index contributed by atoms with van der Waals surface area (Å²) in [5.41, 5.74) is 0.379. The minimum Gasteiger partial charge on any atom is -0.393 e. The summed E-state index contributed by atoms with van der Waals surface area (Å²) in [6.45, 7) is 1.94. The molecule has 0 saturated carbocycles. The van der Waals surface area contributed by atoms with Gasteiger partial charge in [0.25, 0.3) is 0 Å². The Balaban J connectivity index is 1.62. The fraction of sp³-hybridized carbons (Fsp3) is 0.444. The Bertz CT molecular complexity index is 645. The second kappa shape index (κ2) is 7.59. The van der Waals surface area contributed by atoms with E-state index in [-0.39, 0.29) is 12.5 Å². The van der Waals surface area contributed by atoms with E-state index in [1.54, 1.807) is 17.4 Å². The van der Waals surface area contributed by atoms with E-state index in [1.807, 2.05) is 41.1 Å². The molecule has 1 aromatic carbocycles. The maximum absolute atomic E-state index is 12.5. The number of carbonyl (C=O) groups excluding carboxylic acids is 1. The van der Waals surface area contributed by atoms with Crippen molar-refractivity contribution in [3.63, 3.8) is 0 Å². The van der Waals surface area contributed by atoms with Gasteiger partial charge in [0.05, 0.1) is 26.1 Å². The number of carbonyl (C=O) groups is 1. The number of aryl methyl sites for hydroxylation is 1. The maximum Gasteiger partial charge on any atom is 0.224 e. The van der Waals surface area contributed by atoms with E-state index in [9.17, 15) is 9.90 Å². The van der Waals surface area contributed by atoms with Crippen molar-refractivity contribution in [1.29, 1.82) is 0 Å².